The molecule has 85 valence electrons. The van der Waals surface area contributed by atoms with Crippen LogP contribution in [0.1, 0.15) is 6.42 Å². The number of likely N-dealkylation sites (tertiary alicyclic amines) is 1. The summed E-state index contributed by atoms with van der Waals surface area (Å²) >= 11 is 0. The number of hydrogen-bond donors (Lipinski definition) is 1. The Labute approximate surface area is 84.2 Å². The van der Waals surface area contributed by atoms with Crippen LogP contribution in [0.2, 0.25) is 0 Å². The number of alkyl halides is 3. The minimum absolute atomic E-state index is 0.00674. The van der Waals surface area contributed by atoms with Crippen LogP contribution in [0.25, 0.3) is 0 Å². The molecule has 4 nitrogen and oxygen atoms in total. The highest BCUT2D eigenvalue weighted by atomic mass is 19.4. The lowest BCUT2D eigenvalue weighted by Gasteiger charge is -2.16. The quantitative estimate of drug-likeness (QED) is 0.674. The van der Waals surface area contributed by atoms with E-state index in [0.717, 1.165) is 4.90 Å². The van der Waals surface area contributed by atoms with Gasteiger partial charge in [0.25, 0.3) is 0 Å². The van der Waals surface area contributed by atoms with E-state index in [4.69, 9.17) is 5.73 Å². The molecule has 1 aliphatic heterocycles. The van der Waals surface area contributed by atoms with E-state index in [9.17, 15) is 22.8 Å². The number of hydrogen-bond acceptors (Lipinski definition) is 2. The molecule has 1 rings (SSSR count). The monoisotopic (exact) mass is 223 g/mol. The lowest BCUT2D eigenvalue weighted by atomic mass is 10.1. The summed E-state index contributed by atoms with van der Waals surface area (Å²) in [7, 11) is 0. The molecule has 2 amide bonds. The zero-order chi connectivity index (χ0) is 11.6. The van der Waals surface area contributed by atoms with Crippen LogP contribution in [-0.4, -0.2) is 36.0 Å². The maximum atomic E-state index is 12.2. The average Bonchev–Trinajstić information content (AvgIpc) is 2.48. The Morgan fingerprint density at radius 1 is 1.40 bits per heavy atom. The molecule has 15 heavy (non-hydrogen) atoms. The van der Waals surface area contributed by atoms with Gasteiger partial charge in [-0.15, -0.1) is 0 Å². The Morgan fingerprint density at radius 3 is 2.40 bits per heavy atom. The van der Waals surface area contributed by atoms with Crippen molar-refractivity contribution in [3.05, 3.63) is 6.42 Å². The van der Waals surface area contributed by atoms with Crippen LogP contribution in [-0.2, 0) is 9.59 Å². The minimum Gasteiger partial charge on any atom is -0.369 e. The molecule has 1 heterocycles. The third-order valence-electron chi connectivity index (χ3n) is 2.23. The highest BCUT2D eigenvalue weighted by Gasteiger charge is 2.44. The summed E-state index contributed by atoms with van der Waals surface area (Å²) < 4.78 is 36.7. The predicted molar refractivity (Wildman–Crippen MR) is 44.2 cm³/mol. The molecule has 0 aliphatic carbocycles. The standard InChI is InChI=1S/C8H10F3N2O2/c9-8(10,11)5-1-2-13(4-5)7(15)3-6(12)14/h3,5H,1-2,4H2,(H2,12,14)/t5-/m1/s1. The third-order valence-corrected chi connectivity index (χ3v) is 2.23. The molecular formula is C8H10F3N2O2. The predicted octanol–water partition coefficient (Wildman–Crippen LogP) is 0.0868. The molecule has 0 unspecified atom stereocenters. The topological polar surface area (TPSA) is 63.4 Å². The van der Waals surface area contributed by atoms with Crippen LogP contribution in [0.5, 0.6) is 0 Å². The van der Waals surface area contributed by atoms with Gasteiger partial charge in [-0.1, -0.05) is 0 Å². The Morgan fingerprint density at radius 2 is 2.00 bits per heavy atom. The van der Waals surface area contributed by atoms with E-state index in [0.29, 0.717) is 6.42 Å². The number of carbonyl (C=O) groups excluding carboxylic acids is 2. The van der Waals surface area contributed by atoms with Crippen LogP contribution in [0.3, 0.4) is 0 Å². The maximum Gasteiger partial charge on any atom is 0.393 e. The molecule has 0 saturated carbocycles. The van der Waals surface area contributed by atoms with Gasteiger partial charge in [0.15, 0.2) is 0 Å². The first kappa shape index (κ1) is 11.8. The summed E-state index contributed by atoms with van der Waals surface area (Å²) in [5.74, 6) is -3.20. The van der Waals surface area contributed by atoms with Crippen molar-refractivity contribution in [2.45, 2.75) is 12.6 Å². The van der Waals surface area contributed by atoms with E-state index in [2.05, 4.69) is 0 Å². The van der Waals surface area contributed by atoms with Gasteiger partial charge in [0.2, 0.25) is 11.8 Å². The lowest BCUT2D eigenvalue weighted by molar-refractivity contribution is -0.170. The molecule has 2 N–H and O–H groups in total. The van der Waals surface area contributed by atoms with Crippen molar-refractivity contribution in [1.29, 1.82) is 0 Å². The number of halogens is 3. The van der Waals surface area contributed by atoms with E-state index < -0.39 is 30.5 Å². The number of nitrogens with two attached hydrogens (primary N) is 1. The smallest absolute Gasteiger partial charge is 0.369 e. The lowest BCUT2D eigenvalue weighted by Crippen LogP contribution is -2.34. The number of carbonyl (C=O) groups is 2. The highest BCUT2D eigenvalue weighted by molar-refractivity contribution is 6.07. The van der Waals surface area contributed by atoms with Crippen molar-refractivity contribution in [3.63, 3.8) is 0 Å². The summed E-state index contributed by atoms with van der Waals surface area (Å²) in [6.45, 7) is -0.390. The summed E-state index contributed by atoms with van der Waals surface area (Å²) in [6, 6.07) is 0. The molecule has 0 aromatic carbocycles. The molecule has 1 saturated heterocycles. The summed E-state index contributed by atoms with van der Waals surface area (Å²) in [6.07, 6.45) is -3.82. The van der Waals surface area contributed by atoms with Gasteiger partial charge in [-0.2, -0.15) is 13.2 Å². The molecule has 0 bridgehead atoms. The Hall–Kier alpha value is -1.27. The van der Waals surface area contributed by atoms with E-state index in [1.165, 1.54) is 0 Å². The second-order valence-electron chi connectivity index (χ2n) is 3.36. The normalized spacial score (nSPS) is 21.8. The molecular weight excluding hydrogens is 213 g/mol. The van der Waals surface area contributed by atoms with Crippen molar-refractivity contribution < 1.29 is 22.8 Å². The van der Waals surface area contributed by atoms with Gasteiger partial charge >= 0.3 is 6.18 Å². The fourth-order valence-electron chi connectivity index (χ4n) is 1.44. The Kier molecular flexibility index (Phi) is 3.21. The van der Waals surface area contributed by atoms with Crippen molar-refractivity contribution in [2.75, 3.05) is 13.1 Å². The second kappa shape index (κ2) is 4.08. The molecule has 0 aromatic rings. The van der Waals surface area contributed by atoms with Crippen molar-refractivity contribution in [1.82, 2.24) is 4.90 Å². The van der Waals surface area contributed by atoms with Crippen molar-refractivity contribution in [2.24, 2.45) is 11.7 Å². The maximum absolute atomic E-state index is 12.2. The first-order chi connectivity index (χ1) is 6.80. The molecule has 1 fully saturated rings. The Balaban J connectivity index is 2.49. The molecule has 0 spiro atoms. The SMILES string of the molecule is NC(=O)[CH]C(=O)N1CC[C@@H](C(F)(F)F)C1. The molecule has 7 heteroatoms. The molecule has 1 radical (unpaired) electrons. The van der Waals surface area contributed by atoms with Crippen LogP contribution >= 0.6 is 0 Å². The molecule has 0 aromatic heterocycles. The summed E-state index contributed by atoms with van der Waals surface area (Å²) in [5, 5.41) is 0. The van der Waals surface area contributed by atoms with E-state index in [1.54, 1.807) is 0 Å². The van der Waals surface area contributed by atoms with Gasteiger partial charge in [0.1, 0.15) is 6.42 Å². The molecule has 1 aliphatic rings. The van der Waals surface area contributed by atoms with Crippen molar-refractivity contribution >= 4 is 11.8 Å². The molecule has 1 atom stereocenters. The van der Waals surface area contributed by atoms with Gasteiger partial charge in [-0.25, -0.2) is 0 Å². The van der Waals surface area contributed by atoms with Gasteiger partial charge in [0, 0.05) is 13.1 Å². The number of rotatable bonds is 2. The fraction of sp³-hybridized carbons (Fsp3) is 0.625. The van der Waals surface area contributed by atoms with Gasteiger partial charge in [0.05, 0.1) is 5.92 Å². The van der Waals surface area contributed by atoms with Gasteiger partial charge in [-0.3, -0.25) is 9.59 Å². The number of primary amides is 1. The van der Waals surface area contributed by atoms with Crippen LogP contribution in [0.4, 0.5) is 13.2 Å². The Bertz CT molecular complexity index is 278. The van der Waals surface area contributed by atoms with E-state index >= 15 is 0 Å². The first-order valence-corrected chi connectivity index (χ1v) is 4.30. The largest absolute Gasteiger partial charge is 0.393 e. The van der Waals surface area contributed by atoms with Gasteiger partial charge < -0.3 is 10.6 Å². The number of amides is 2. The fourth-order valence-corrected chi connectivity index (χ4v) is 1.44. The number of nitrogens with zero attached hydrogens (tertiary/aromatic N) is 1. The summed E-state index contributed by atoms with van der Waals surface area (Å²) in [4.78, 5) is 22.4. The minimum atomic E-state index is -4.29. The van der Waals surface area contributed by atoms with Crippen molar-refractivity contribution in [3.8, 4) is 0 Å². The zero-order valence-corrected chi connectivity index (χ0v) is 7.75. The first-order valence-electron chi connectivity index (χ1n) is 4.30. The van der Waals surface area contributed by atoms with E-state index in [-0.39, 0.29) is 13.0 Å². The van der Waals surface area contributed by atoms with Gasteiger partial charge in [-0.05, 0) is 6.42 Å². The van der Waals surface area contributed by atoms with Crippen LogP contribution < -0.4 is 5.73 Å². The summed E-state index contributed by atoms with van der Waals surface area (Å²) in [5.41, 5.74) is 4.72. The van der Waals surface area contributed by atoms with E-state index in [1.807, 2.05) is 0 Å². The highest BCUT2D eigenvalue weighted by Crippen LogP contribution is 2.33. The second-order valence-corrected chi connectivity index (χ2v) is 3.36. The third kappa shape index (κ3) is 3.10. The van der Waals surface area contributed by atoms with Crippen LogP contribution in [0, 0.1) is 12.3 Å². The average molecular weight is 223 g/mol. The zero-order valence-electron chi connectivity index (χ0n) is 7.75. The van der Waals surface area contributed by atoms with Crippen LogP contribution in [0.15, 0.2) is 0 Å².